The first kappa shape index (κ1) is 27.0. The predicted molar refractivity (Wildman–Crippen MR) is 148 cm³/mol. The van der Waals surface area contributed by atoms with E-state index in [1.165, 1.54) is 6.07 Å². The van der Waals surface area contributed by atoms with Crippen molar-refractivity contribution in [3.05, 3.63) is 116 Å². The molecule has 210 valence electrons. The molecule has 1 fully saturated rings. The molecule has 0 unspecified atom stereocenters. The second kappa shape index (κ2) is 10.6. The molecule has 0 bridgehead atoms. The highest BCUT2D eigenvalue weighted by atomic mass is 19.4. The van der Waals surface area contributed by atoms with Crippen molar-refractivity contribution in [2.45, 2.75) is 25.4 Å². The van der Waals surface area contributed by atoms with Crippen LogP contribution in [0.4, 0.5) is 17.6 Å². The summed E-state index contributed by atoms with van der Waals surface area (Å²) in [5.74, 6) is -1.04. The molecule has 0 amide bonds. The standard InChI is InChI=1S/C31H21F4N5O2/c32-29-24-15-20(9-12-25(24)38-39-29)27(19-7-4-17(5-8-19)6-13-26-37-30(41)42-40-26)28(18-2-1-3-18)23-11-10-22(31(33,34)35)14-21(23)16-36/h4-15,18H,1-3H2,(H,38,39)(H,37,40,41). The van der Waals surface area contributed by atoms with Crippen LogP contribution in [0.3, 0.4) is 0 Å². The summed E-state index contributed by atoms with van der Waals surface area (Å²) < 4.78 is 59.7. The van der Waals surface area contributed by atoms with Gasteiger partial charge in [-0.05, 0) is 82.5 Å². The third kappa shape index (κ3) is 5.14. The zero-order valence-electron chi connectivity index (χ0n) is 21.8. The van der Waals surface area contributed by atoms with Crippen molar-refractivity contribution in [1.29, 1.82) is 5.26 Å². The average molecular weight is 572 g/mol. The van der Waals surface area contributed by atoms with E-state index < -0.39 is 23.4 Å². The number of alkyl halides is 3. The van der Waals surface area contributed by atoms with Crippen LogP contribution in [0.2, 0.25) is 0 Å². The van der Waals surface area contributed by atoms with Gasteiger partial charge in [-0.1, -0.05) is 54.1 Å². The largest absolute Gasteiger partial charge is 0.439 e. The maximum Gasteiger partial charge on any atom is 0.439 e. The van der Waals surface area contributed by atoms with Crippen molar-refractivity contribution in [2.75, 3.05) is 0 Å². The minimum atomic E-state index is -4.60. The van der Waals surface area contributed by atoms with Gasteiger partial charge in [0.05, 0.1) is 28.1 Å². The van der Waals surface area contributed by atoms with Gasteiger partial charge in [-0.2, -0.15) is 27.9 Å². The Bertz CT molecular complexity index is 1950. The number of rotatable bonds is 6. The number of nitrogens with zero attached hydrogens (tertiary/aromatic N) is 3. The van der Waals surface area contributed by atoms with Gasteiger partial charge in [-0.3, -0.25) is 14.6 Å². The number of aromatic nitrogens is 4. The fourth-order valence-electron chi connectivity index (χ4n) is 5.16. The van der Waals surface area contributed by atoms with E-state index >= 15 is 0 Å². The lowest BCUT2D eigenvalue weighted by Gasteiger charge is -2.32. The summed E-state index contributed by atoms with van der Waals surface area (Å²) in [5.41, 5.74) is 3.43. The third-order valence-electron chi connectivity index (χ3n) is 7.43. The van der Waals surface area contributed by atoms with Gasteiger partial charge in [0.2, 0.25) is 5.95 Å². The summed E-state index contributed by atoms with van der Waals surface area (Å²) in [6.45, 7) is 0. The van der Waals surface area contributed by atoms with Gasteiger partial charge in [-0.25, -0.2) is 4.79 Å². The molecule has 1 saturated carbocycles. The van der Waals surface area contributed by atoms with Gasteiger partial charge in [0.25, 0.3) is 0 Å². The number of nitriles is 1. The van der Waals surface area contributed by atoms with Crippen LogP contribution in [-0.4, -0.2) is 20.3 Å². The number of fused-ring (bicyclic) bond motifs is 1. The van der Waals surface area contributed by atoms with Crippen LogP contribution < -0.4 is 5.76 Å². The van der Waals surface area contributed by atoms with Crippen LogP contribution in [0.5, 0.6) is 0 Å². The van der Waals surface area contributed by atoms with Gasteiger partial charge >= 0.3 is 11.9 Å². The van der Waals surface area contributed by atoms with Gasteiger partial charge in [0, 0.05) is 0 Å². The summed E-state index contributed by atoms with van der Waals surface area (Å²) >= 11 is 0. The normalized spacial score (nSPS) is 14.6. The molecule has 0 atom stereocenters. The van der Waals surface area contributed by atoms with E-state index in [0.29, 0.717) is 22.2 Å². The summed E-state index contributed by atoms with van der Waals surface area (Å²) in [7, 11) is 0. The Labute approximate surface area is 235 Å². The van der Waals surface area contributed by atoms with Crippen molar-refractivity contribution in [3.8, 4) is 6.07 Å². The fraction of sp³-hybridized carbons (Fsp3) is 0.161. The van der Waals surface area contributed by atoms with E-state index in [9.17, 15) is 27.6 Å². The van der Waals surface area contributed by atoms with Crippen molar-refractivity contribution >= 4 is 34.2 Å². The zero-order chi connectivity index (χ0) is 29.4. The molecule has 3 aromatic carbocycles. The molecule has 2 aromatic heterocycles. The molecule has 2 N–H and O–H groups in total. The SMILES string of the molecule is N#Cc1cc(C(F)(F)F)ccc1C(=C(c1ccc(C=Cc2noc(=O)[nH]2)cc1)c1ccc2n[nH]c(F)c2c1)C1CCC1. The predicted octanol–water partition coefficient (Wildman–Crippen LogP) is 7.20. The lowest BCUT2D eigenvalue weighted by atomic mass is 9.72. The molecule has 0 aliphatic heterocycles. The molecular weight excluding hydrogens is 550 g/mol. The fourth-order valence-corrected chi connectivity index (χ4v) is 5.16. The summed E-state index contributed by atoms with van der Waals surface area (Å²) in [5, 5.41) is 20.1. The average Bonchev–Trinajstić information content (AvgIpc) is 3.55. The number of hydrogen-bond donors (Lipinski definition) is 2. The van der Waals surface area contributed by atoms with Crippen molar-refractivity contribution in [2.24, 2.45) is 5.92 Å². The van der Waals surface area contributed by atoms with Gasteiger partial charge in [0.15, 0.2) is 5.82 Å². The number of hydrogen-bond acceptors (Lipinski definition) is 5. The van der Waals surface area contributed by atoms with Crippen LogP contribution in [0.1, 0.15) is 58.5 Å². The van der Waals surface area contributed by atoms with Crippen LogP contribution in [0.15, 0.2) is 70.0 Å². The van der Waals surface area contributed by atoms with Gasteiger partial charge in [-0.15, -0.1) is 0 Å². The second-order valence-electron chi connectivity index (χ2n) is 9.99. The van der Waals surface area contributed by atoms with Crippen LogP contribution in [0, 0.1) is 23.2 Å². The molecule has 1 aliphatic carbocycles. The third-order valence-corrected chi connectivity index (χ3v) is 7.43. The number of nitrogens with one attached hydrogen (secondary N) is 2. The van der Waals surface area contributed by atoms with Crippen molar-refractivity contribution in [1.82, 2.24) is 20.3 Å². The van der Waals surface area contributed by atoms with Crippen LogP contribution >= 0.6 is 0 Å². The Morgan fingerprint density at radius 2 is 1.79 bits per heavy atom. The first-order valence-corrected chi connectivity index (χ1v) is 13.1. The number of benzene rings is 3. The zero-order valence-corrected chi connectivity index (χ0v) is 21.8. The Kier molecular flexibility index (Phi) is 6.82. The molecule has 0 spiro atoms. The quantitative estimate of drug-likeness (QED) is 0.165. The second-order valence-corrected chi connectivity index (χ2v) is 9.99. The Hall–Kier alpha value is -5.24. The lowest BCUT2D eigenvalue weighted by Crippen LogP contribution is -2.16. The maximum absolute atomic E-state index is 14.6. The van der Waals surface area contributed by atoms with E-state index in [1.54, 1.807) is 30.4 Å². The molecule has 5 aromatic rings. The lowest BCUT2D eigenvalue weighted by molar-refractivity contribution is -0.137. The summed E-state index contributed by atoms with van der Waals surface area (Å²) in [6.07, 6.45) is 1.23. The van der Waals surface area contributed by atoms with Crippen molar-refractivity contribution in [3.63, 3.8) is 0 Å². The van der Waals surface area contributed by atoms with Gasteiger partial charge < -0.3 is 0 Å². The number of H-pyrrole nitrogens is 2. The van der Waals surface area contributed by atoms with E-state index in [2.05, 4.69) is 24.9 Å². The van der Waals surface area contributed by atoms with Crippen LogP contribution in [-0.2, 0) is 6.18 Å². The van der Waals surface area contributed by atoms with E-state index in [4.69, 9.17) is 0 Å². The first-order chi connectivity index (χ1) is 20.2. The Balaban J connectivity index is 1.56. The van der Waals surface area contributed by atoms with E-state index in [-0.39, 0.29) is 22.7 Å². The van der Waals surface area contributed by atoms with Crippen LogP contribution in [0.25, 0.3) is 34.2 Å². The molecule has 42 heavy (non-hydrogen) atoms. The molecule has 2 heterocycles. The van der Waals surface area contributed by atoms with E-state index in [1.807, 2.05) is 30.3 Å². The van der Waals surface area contributed by atoms with Crippen molar-refractivity contribution < 1.29 is 22.1 Å². The highest BCUT2D eigenvalue weighted by Crippen LogP contribution is 2.47. The molecular formula is C31H21F4N5O2. The highest BCUT2D eigenvalue weighted by Gasteiger charge is 2.33. The first-order valence-electron chi connectivity index (χ1n) is 13.1. The molecule has 7 nitrogen and oxygen atoms in total. The minimum Gasteiger partial charge on any atom is -0.296 e. The molecule has 1 aliphatic rings. The summed E-state index contributed by atoms with van der Waals surface area (Å²) in [4.78, 5) is 13.6. The molecule has 0 saturated heterocycles. The Morgan fingerprint density at radius 1 is 1.02 bits per heavy atom. The molecule has 11 heteroatoms. The molecule has 0 radical (unpaired) electrons. The summed E-state index contributed by atoms with van der Waals surface area (Å²) in [6, 6.07) is 17.7. The molecule has 6 rings (SSSR count). The highest BCUT2D eigenvalue weighted by molar-refractivity contribution is 6.02. The topological polar surface area (TPSA) is 111 Å². The smallest absolute Gasteiger partial charge is 0.296 e. The monoisotopic (exact) mass is 571 g/mol. The number of halogens is 4. The van der Waals surface area contributed by atoms with E-state index in [0.717, 1.165) is 48.1 Å². The minimum absolute atomic E-state index is 0.0164. The van der Waals surface area contributed by atoms with Gasteiger partial charge in [0.1, 0.15) is 0 Å². The number of aromatic amines is 2. The number of allylic oxidation sites excluding steroid dienone is 1. The maximum atomic E-state index is 14.6. The Morgan fingerprint density at radius 3 is 2.43 bits per heavy atom.